The van der Waals surface area contributed by atoms with Gasteiger partial charge in [0, 0.05) is 6.08 Å². The smallest absolute Gasteiger partial charge is 0.265 e. The van der Waals surface area contributed by atoms with Gasteiger partial charge >= 0.3 is 0 Å². The second-order valence-corrected chi connectivity index (χ2v) is 4.29. The summed E-state index contributed by atoms with van der Waals surface area (Å²) >= 11 is 0. The van der Waals surface area contributed by atoms with Gasteiger partial charge < -0.3 is 0 Å². The van der Waals surface area contributed by atoms with Crippen LogP contribution < -0.4 is 10.9 Å². The van der Waals surface area contributed by atoms with Crippen LogP contribution in [0.3, 0.4) is 0 Å². The molecule has 0 unspecified atom stereocenters. The molecule has 0 bridgehead atoms. The van der Waals surface area contributed by atoms with E-state index in [1.807, 2.05) is 61.5 Å². The molecule has 0 aromatic heterocycles. The van der Waals surface area contributed by atoms with Crippen LogP contribution in [-0.2, 0) is 4.79 Å². The number of hydrogen-bond acceptors (Lipinski definition) is 2. The van der Waals surface area contributed by atoms with E-state index >= 15 is 0 Å². The lowest BCUT2D eigenvalue weighted by atomic mass is 10.2. The van der Waals surface area contributed by atoms with Crippen molar-refractivity contribution >= 4 is 17.7 Å². The monoisotopic (exact) mass is 252 g/mol. The number of benzene rings is 2. The Balaban J connectivity index is 2.07. The van der Waals surface area contributed by atoms with Gasteiger partial charge in [-0.15, -0.1) is 0 Å². The van der Waals surface area contributed by atoms with Crippen LogP contribution in [0.4, 0.5) is 5.69 Å². The van der Waals surface area contributed by atoms with E-state index in [9.17, 15) is 4.79 Å². The number of hydrogen-bond donors (Lipinski definition) is 1. The van der Waals surface area contributed by atoms with E-state index in [1.54, 1.807) is 6.08 Å². The molecular formula is C16H16N2O. The van der Waals surface area contributed by atoms with Crippen molar-refractivity contribution in [2.45, 2.75) is 6.92 Å². The average Bonchev–Trinajstić information content (AvgIpc) is 2.46. The Bertz CT molecular complexity index is 573. The Morgan fingerprint density at radius 2 is 1.68 bits per heavy atom. The average molecular weight is 252 g/mol. The van der Waals surface area contributed by atoms with Crippen molar-refractivity contribution < 1.29 is 4.79 Å². The molecule has 96 valence electrons. The Morgan fingerprint density at radius 3 is 2.32 bits per heavy atom. The fourth-order valence-corrected chi connectivity index (χ4v) is 1.64. The van der Waals surface area contributed by atoms with E-state index < -0.39 is 0 Å². The van der Waals surface area contributed by atoms with E-state index in [0.717, 1.165) is 16.1 Å². The first-order valence-electron chi connectivity index (χ1n) is 6.05. The number of carbonyl (C=O) groups is 1. The predicted molar refractivity (Wildman–Crippen MR) is 78.3 cm³/mol. The van der Waals surface area contributed by atoms with Gasteiger partial charge in [-0.2, -0.15) is 0 Å². The van der Waals surface area contributed by atoms with Crippen molar-refractivity contribution in [2.24, 2.45) is 5.84 Å². The van der Waals surface area contributed by atoms with Crippen LogP contribution in [0.25, 0.3) is 6.08 Å². The van der Waals surface area contributed by atoms with Gasteiger partial charge in [-0.3, -0.25) is 4.79 Å². The van der Waals surface area contributed by atoms with Crippen LogP contribution in [0, 0.1) is 6.92 Å². The lowest BCUT2D eigenvalue weighted by Gasteiger charge is -2.14. The summed E-state index contributed by atoms with van der Waals surface area (Å²) in [6, 6.07) is 17.1. The van der Waals surface area contributed by atoms with E-state index in [0.29, 0.717) is 5.69 Å². The zero-order valence-electron chi connectivity index (χ0n) is 10.8. The lowest BCUT2D eigenvalue weighted by Crippen LogP contribution is -2.36. The zero-order chi connectivity index (χ0) is 13.7. The third-order valence-corrected chi connectivity index (χ3v) is 2.77. The SMILES string of the molecule is Cc1ccc(N(N)C(=O)C=Cc2ccccc2)cc1. The lowest BCUT2D eigenvalue weighted by molar-refractivity contribution is -0.114. The van der Waals surface area contributed by atoms with Crippen LogP contribution in [0.15, 0.2) is 60.7 Å². The van der Waals surface area contributed by atoms with Crippen molar-refractivity contribution in [2.75, 3.05) is 5.01 Å². The Labute approximate surface area is 112 Å². The number of carbonyl (C=O) groups excluding carboxylic acids is 1. The summed E-state index contributed by atoms with van der Waals surface area (Å²) in [4.78, 5) is 11.9. The summed E-state index contributed by atoms with van der Waals surface area (Å²) < 4.78 is 0. The topological polar surface area (TPSA) is 46.3 Å². The minimum atomic E-state index is -0.257. The Kier molecular flexibility index (Phi) is 4.11. The number of nitrogens with zero attached hydrogens (tertiary/aromatic N) is 1. The van der Waals surface area contributed by atoms with E-state index in [2.05, 4.69) is 0 Å². The third kappa shape index (κ3) is 3.53. The molecule has 3 nitrogen and oxygen atoms in total. The molecule has 0 saturated carbocycles. The molecule has 2 N–H and O–H groups in total. The highest BCUT2D eigenvalue weighted by Crippen LogP contribution is 2.12. The van der Waals surface area contributed by atoms with Gasteiger partial charge in [0.05, 0.1) is 5.69 Å². The number of hydrazine groups is 1. The Hall–Kier alpha value is -2.39. The maximum absolute atomic E-state index is 11.9. The van der Waals surface area contributed by atoms with Crippen molar-refractivity contribution in [3.05, 3.63) is 71.8 Å². The highest BCUT2D eigenvalue weighted by Gasteiger charge is 2.07. The predicted octanol–water partition coefficient (Wildman–Crippen LogP) is 2.92. The van der Waals surface area contributed by atoms with Crippen LogP contribution in [0.2, 0.25) is 0 Å². The molecule has 2 aromatic carbocycles. The van der Waals surface area contributed by atoms with Crippen LogP contribution >= 0.6 is 0 Å². The summed E-state index contributed by atoms with van der Waals surface area (Å²) in [6.45, 7) is 1.99. The summed E-state index contributed by atoms with van der Waals surface area (Å²) in [5.74, 6) is 5.53. The fourth-order valence-electron chi connectivity index (χ4n) is 1.64. The first kappa shape index (κ1) is 13.1. The molecule has 0 radical (unpaired) electrons. The number of rotatable bonds is 3. The fraction of sp³-hybridized carbons (Fsp3) is 0.0625. The van der Waals surface area contributed by atoms with Gasteiger partial charge in [-0.25, -0.2) is 10.9 Å². The zero-order valence-corrected chi connectivity index (χ0v) is 10.8. The van der Waals surface area contributed by atoms with Gasteiger partial charge in [-0.1, -0.05) is 48.0 Å². The van der Waals surface area contributed by atoms with Crippen LogP contribution in [0.5, 0.6) is 0 Å². The van der Waals surface area contributed by atoms with E-state index in [4.69, 9.17) is 5.84 Å². The van der Waals surface area contributed by atoms with E-state index in [1.165, 1.54) is 6.08 Å². The summed E-state index contributed by atoms with van der Waals surface area (Å²) in [7, 11) is 0. The number of amides is 1. The van der Waals surface area contributed by atoms with E-state index in [-0.39, 0.29) is 5.91 Å². The van der Waals surface area contributed by atoms with Crippen molar-refractivity contribution in [3.8, 4) is 0 Å². The second-order valence-electron chi connectivity index (χ2n) is 4.29. The number of aryl methyl sites for hydroxylation is 1. The largest absolute Gasteiger partial charge is 0.268 e. The molecule has 0 heterocycles. The van der Waals surface area contributed by atoms with Gasteiger partial charge in [-0.05, 0) is 30.7 Å². The molecule has 0 aliphatic heterocycles. The standard InChI is InChI=1S/C16H16N2O/c1-13-7-10-15(11-8-13)18(17)16(19)12-9-14-5-3-2-4-6-14/h2-12H,17H2,1H3. The quantitative estimate of drug-likeness (QED) is 0.395. The molecule has 0 atom stereocenters. The highest BCUT2D eigenvalue weighted by molar-refractivity contribution is 6.02. The Morgan fingerprint density at radius 1 is 1.05 bits per heavy atom. The molecule has 0 aliphatic carbocycles. The van der Waals surface area contributed by atoms with Crippen molar-refractivity contribution in [1.29, 1.82) is 0 Å². The summed E-state index contributed by atoms with van der Waals surface area (Å²) in [6.07, 6.45) is 3.21. The summed E-state index contributed by atoms with van der Waals surface area (Å²) in [5.41, 5.74) is 2.77. The van der Waals surface area contributed by atoms with Gasteiger partial charge in [0.15, 0.2) is 0 Å². The first-order valence-corrected chi connectivity index (χ1v) is 6.05. The third-order valence-electron chi connectivity index (χ3n) is 2.77. The van der Waals surface area contributed by atoms with Gasteiger partial charge in [0.1, 0.15) is 0 Å². The minimum Gasteiger partial charge on any atom is -0.268 e. The maximum atomic E-state index is 11.9. The van der Waals surface area contributed by atoms with Gasteiger partial charge in [0.2, 0.25) is 0 Å². The minimum absolute atomic E-state index is 0.257. The molecule has 1 amide bonds. The highest BCUT2D eigenvalue weighted by atomic mass is 16.2. The van der Waals surface area contributed by atoms with Crippen molar-refractivity contribution in [1.82, 2.24) is 0 Å². The number of anilines is 1. The maximum Gasteiger partial charge on any atom is 0.265 e. The molecule has 0 saturated heterocycles. The van der Waals surface area contributed by atoms with Crippen LogP contribution in [-0.4, -0.2) is 5.91 Å². The molecule has 19 heavy (non-hydrogen) atoms. The molecule has 0 aliphatic rings. The molecule has 0 fully saturated rings. The molecule has 2 aromatic rings. The van der Waals surface area contributed by atoms with Crippen molar-refractivity contribution in [3.63, 3.8) is 0 Å². The normalized spacial score (nSPS) is 10.6. The first-order chi connectivity index (χ1) is 9.16. The van der Waals surface area contributed by atoms with Crippen LogP contribution in [0.1, 0.15) is 11.1 Å². The summed E-state index contributed by atoms with van der Waals surface area (Å²) in [5, 5.41) is 1.14. The molecule has 2 rings (SSSR count). The molecule has 3 heteroatoms. The second kappa shape index (κ2) is 5.98. The molecular weight excluding hydrogens is 236 g/mol. The number of nitrogens with two attached hydrogens (primary N) is 1. The molecule has 0 spiro atoms. The van der Waals surface area contributed by atoms with Gasteiger partial charge in [0.25, 0.3) is 5.91 Å².